The van der Waals surface area contributed by atoms with Gasteiger partial charge in [0, 0.05) is 32.2 Å². The molecule has 0 spiro atoms. The molecule has 5 nitrogen and oxygen atoms in total. The van der Waals surface area contributed by atoms with Crippen molar-refractivity contribution in [3.8, 4) is 0 Å². The molecular weight excluding hydrogens is 262 g/mol. The van der Waals surface area contributed by atoms with E-state index in [2.05, 4.69) is 12.2 Å². The predicted octanol–water partition coefficient (Wildman–Crippen LogP) is 1.04. The van der Waals surface area contributed by atoms with Gasteiger partial charge in [0.15, 0.2) is 0 Å². The number of nitrogens with one attached hydrogen (secondary N) is 1. The van der Waals surface area contributed by atoms with Crippen LogP contribution in [0.2, 0.25) is 0 Å². The second-order valence-electron chi connectivity index (χ2n) is 5.84. The minimum atomic E-state index is -3.23. The highest BCUT2D eigenvalue weighted by molar-refractivity contribution is 7.86. The van der Waals surface area contributed by atoms with Crippen LogP contribution in [0.5, 0.6) is 0 Å². The molecule has 2 heterocycles. The average Bonchev–Trinajstić information content (AvgIpc) is 2.67. The van der Waals surface area contributed by atoms with Gasteiger partial charge in [-0.3, -0.25) is 0 Å². The largest absolute Gasteiger partial charge is 0.317 e. The molecule has 0 saturated carbocycles. The molecule has 0 radical (unpaired) electrons. The van der Waals surface area contributed by atoms with Crippen LogP contribution >= 0.6 is 0 Å². The quantitative estimate of drug-likeness (QED) is 0.844. The molecule has 0 aromatic heterocycles. The first-order valence-corrected chi connectivity index (χ1v) is 8.88. The molecule has 6 heteroatoms. The summed E-state index contributed by atoms with van der Waals surface area (Å²) < 4.78 is 28.7. The van der Waals surface area contributed by atoms with Crippen molar-refractivity contribution < 1.29 is 8.42 Å². The summed E-state index contributed by atoms with van der Waals surface area (Å²) in [5.74, 6) is 0.375. The standard InChI is InChI=1S/C13H27N3O2S/c1-12-11-16(10-7-13(12)14-2)19(17,18)15-8-5-3-4-6-9-15/h12-14H,3-11H2,1-2H3. The van der Waals surface area contributed by atoms with Crippen LogP contribution in [0.15, 0.2) is 0 Å². The second-order valence-corrected chi connectivity index (χ2v) is 7.77. The molecule has 112 valence electrons. The molecule has 19 heavy (non-hydrogen) atoms. The summed E-state index contributed by atoms with van der Waals surface area (Å²) >= 11 is 0. The molecule has 0 aromatic rings. The maximum Gasteiger partial charge on any atom is 0.281 e. The van der Waals surface area contributed by atoms with Gasteiger partial charge < -0.3 is 5.32 Å². The summed E-state index contributed by atoms with van der Waals surface area (Å²) in [5.41, 5.74) is 0. The van der Waals surface area contributed by atoms with E-state index in [1.165, 1.54) is 0 Å². The van der Waals surface area contributed by atoms with Gasteiger partial charge in [-0.15, -0.1) is 0 Å². The van der Waals surface area contributed by atoms with E-state index >= 15 is 0 Å². The fourth-order valence-electron chi connectivity index (χ4n) is 3.18. The first kappa shape index (κ1) is 15.2. The molecule has 2 fully saturated rings. The van der Waals surface area contributed by atoms with Gasteiger partial charge in [0.1, 0.15) is 0 Å². The molecular formula is C13H27N3O2S. The van der Waals surface area contributed by atoms with Crippen molar-refractivity contribution in [1.29, 1.82) is 0 Å². The zero-order chi connectivity index (χ0) is 13.9. The summed E-state index contributed by atoms with van der Waals surface area (Å²) in [4.78, 5) is 0. The van der Waals surface area contributed by atoms with E-state index in [0.717, 1.165) is 32.1 Å². The Hall–Kier alpha value is -0.170. The van der Waals surface area contributed by atoms with Gasteiger partial charge in [-0.1, -0.05) is 19.8 Å². The van der Waals surface area contributed by atoms with Gasteiger partial charge in [0.05, 0.1) is 0 Å². The van der Waals surface area contributed by atoms with Crippen LogP contribution in [0.3, 0.4) is 0 Å². The summed E-state index contributed by atoms with van der Waals surface area (Å²) in [5, 5.41) is 3.28. The third kappa shape index (κ3) is 3.48. The SMILES string of the molecule is CNC1CCN(S(=O)(=O)N2CCCCCC2)CC1C. The molecule has 2 aliphatic heterocycles. The Bertz CT molecular complexity index is 377. The van der Waals surface area contributed by atoms with Crippen molar-refractivity contribution >= 4 is 10.2 Å². The second kappa shape index (κ2) is 6.52. The fourth-order valence-corrected chi connectivity index (χ4v) is 4.99. The highest BCUT2D eigenvalue weighted by atomic mass is 32.2. The van der Waals surface area contributed by atoms with Crippen molar-refractivity contribution in [2.75, 3.05) is 33.2 Å². The predicted molar refractivity (Wildman–Crippen MR) is 77.2 cm³/mol. The number of rotatable bonds is 3. The molecule has 2 atom stereocenters. The Morgan fingerprint density at radius 1 is 1.00 bits per heavy atom. The number of piperidine rings is 1. The van der Waals surface area contributed by atoms with Gasteiger partial charge in [-0.2, -0.15) is 17.0 Å². The lowest BCUT2D eigenvalue weighted by Gasteiger charge is -2.38. The topological polar surface area (TPSA) is 52.7 Å². The van der Waals surface area contributed by atoms with E-state index < -0.39 is 10.2 Å². The lowest BCUT2D eigenvalue weighted by Crippen LogP contribution is -2.53. The maximum atomic E-state index is 12.7. The number of nitrogens with zero attached hydrogens (tertiary/aromatic N) is 2. The van der Waals surface area contributed by atoms with Crippen LogP contribution in [0.25, 0.3) is 0 Å². The van der Waals surface area contributed by atoms with Gasteiger partial charge in [-0.05, 0) is 32.2 Å². The zero-order valence-electron chi connectivity index (χ0n) is 12.1. The summed E-state index contributed by atoms with van der Waals surface area (Å²) in [6.45, 7) is 4.82. The van der Waals surface area contributed by atoms with Crippen molar-refractivity contribution in [1.82, 2.24) is 13.9 Å². The normalized spacial score (nSPS) is 32.1. The Morgan fingerprint density at radius 3 is 2.16 bits per heavy atom. The molecule has 2 unspecified atom stereocenters. The first-order valence-electron chi connectivity index (χ1n) is 7.48. The molecule has 2 saturated heterocycles. The van der Waals surface area contributed by atoms with E-state index in [4.69, 9.17) is 0 Å². The third-order valence-electron chi connectivity index (χ3n) is 4.46. The van der Waals surface area contributed by atoms with Crippen LogP contribution in [0.1, 0.15) is 39.0 Å². The highest BCUT2D eigenvalue weighted by Crippen LogP contribution is 2.23. The highest BCUT2D eigenvalue weighted by Gasteiger charge is 2.35. The van der Waals surface area contributed by atoms with Crippen LogP contribution in [0, 0.1) is 5.92 Å². The fraction of sp³-hybridized carbons (Fsp3) is 1.00. The molecule has 0 aromatic carbocycles. The Morgan fingerprint density at radius 2 is 1.63 bits per heavy atom. The number of hydrogen-bond donors (Lipinski definition) is 1. The van der Waals surface area contributed by atoms with Gasteiger partial charge in [-0.25, -0.2) is 0 Å². The Labute approximate surface area is 117 Å². The number of hydrogen-bond acceptors (Lipinski definition) is 3. The lowest BCUT2D eigenvalue weighted by molar-refractivity contribution is 0.215. The summed E-state index contributed by atoms with van der Waals surface area (Å²) in [6, 6.07) is 0.440. The maximum absolute atomic E-state index is 12.7. The van der Waals surface area contributed by atoms with E-state index in [1.807, 2.05) is 7.05 Å². The van der Waals surface area contributed by atoms with Crippen LogP contribution in [-0.2, 0) is 10.2 Å². The smallest absolute Gasteiger partial charge is 0.281 e. The van der Waals surface area contributed by atoms with Crippen molar-refractivity contribution in [3.05, 3.63) is 0 Å². The minimum absolute atomic E-state index is 0.375. The Kier molecular flexibility index (Phi) is 5.22. The van der Waals surface area contributed by atoms with Gasteiger partial charge in [0.25, 0.3) is 10.2 Å². The van der Waals surface area contributed by atoms with Crippen LogP contribution in [-0.4, -0.2) is 56.3 Å². The third-order valence-corrected chi connectivity index (χ3v) is 6.46. The molecule has 0 amide bonds. The summed E-state index contributed by atoms with van der Waals surface area (Å²) in [6.07, 6.45) is 5.22. The van der Waals surface area contributed by atoms with Gasteiger partial charge >= 0.3 is 0 Å². The molecule has 2 rings (SSSR count). The lowest BCUT2D eigenvalue weighted by atomic mass is 9.96. The van der Waals surface area contributed by atoms with E-state index in [-0.39, 0.29) is 0 Å². The molecule has 0 aliphatic carbocycles. The minimum Gasteiger partial charge on any atom is -0.317 e. The first-order chi connectivity index (χ1) is 9.05. The van der Waals surface area contributed by atoms with Crippen LogP contribution in [0.4, 0.5) is 0 Å². The Balaban J connectivity index is 2.03. The average molecular weight is 289 g/mol. The van der Waals surface area contributed by atoms with Gasteiger partial charge in [0.2, 0.25) is 0 Å². The van der Waals surface area contributed by atoms with E-state index in [0.29, 0.717) is 38.1 Å². The van der Waals surface area contributed by atoms with Crippen molar-refractivity contribution in [2.24, 2.45) is 5.92 Å². The van der Waals surface area contributed by atoms with Crippen LogP contribution < -0.4 is 5.32 Å². The molecule has 2 aliphatic rings. The van der Waals surface area contributed by atoms with Crippen molar-refractivity contribution in [2.45, 2.75) is 45.1 Å². The zero-order valence-corrected chi connectivity index (χ0v) is 13.0. The van der Waals surface area contributed by atoms with Crippen molar-refractivity contribution in [3.63, 3.8) is 0 Å². The monoisotopic (exact) mass is 289 g/mol. The van der Waals surface area contributed by atoms with E-state index in [9.17, 15) is 8.42 Å². The van der Waals surface area contributed by atoms with E-state index in [1.54, 1.807) is 8.61 Å². The molecule has 1 N–H and O–H groups in total. The molecule has 0 bridgehead atoms. The summed E-state index contributed by atoms with van der Waals surface area (Å²) in [7, 11) is -1.28.